The van der Waals surface area contributed by atoms with Crippen LogP contribution in [0.4, 0.5) is 18.9 Å². The molecular formula is C15H19ClF3N3O2. The first-order chi connectivity index (χ1) is 10.8. The van der Waals surface area contributed by atoms with Crippen LogP contribution in [0.15, 0.2) is 24.3 Å². The van der Waals surface area contributed by atoms with E-state index in [1.807, 2.05) is 0 Å². The van der Waals surface area contributed by atoms with Crippen molar-refractivity contribution in [3.63, 3.8) is 0 Å². The molecule has 1 saturated heterocycles. The van der Waals surface area contributed by atoms with Crippen molar-refractivity contribution in [2.45, 2.75) is 19.1 Å². The van der Waals surface area contributed by atoms with Crippen molar-refractivity contribution in [1.29, 1.82) is 0 Å². The van der Waals surface area contributed by atoms with Gasteiger partial charge in [-0.2, -0.15) is 13.2 Å². The zero-order valence-corrected chi connectivity index (χ0v) is 13.8. The predicted molar refractivity (Wildman–Crippen MR) is 85.8 cm³/mol. The van der Waals surface area contributed by atoms with Crippen LogP contribution in [0.3, 0.4) is 0 Å². The molecule has 2 rings (SSSR count). The molecule has 1 unspecified atom stereocenters. The smallest absolute Gasteiger partial charge is 0.334 e. The number of rotatable bonds is 4. The summed E-state index contributed by atoms with van der Waals surface area (Å²) in [4.78, 5) is 23.8. The van der Waals surface area contributed by atoms with Gasteiger partial charge in [-0.15, -0.1) is 12.4 Å². The normalized spacial score (nSPS) is 17.1. The summed E-state index contributed by atoms with van der Waals surface area (Å²) in [6.45, 7) is 1.23. The maximum absolute atomic E-state index is 12.4. The van der Waals surface area contributed by atoms with Crippen LogP contribution < -0.4 is 10.6 Å². The highest BCUT2D eigenvalue weighted by Crippen LogP contribution is 2.20. The molecule has 0 bridgehead atoms. The Kier molecular flexibility index (Phi) is 7.04. The van der Waals surface area contributed by atoms with Crippen molar-refractivity contribution >= 4 is 29.9 Å². The Morgan fingerprint density at radius 1 is 1.38 bits per heavy atom. The summed E-state index contributed by atoms with van der Waals surface area (Å²) in [6.07, 6.45) is -4.13. The van der Waals surface area contributed by atoms with Crippen molar-refractivity contribution in [3.05, 3.63) is 29.8 Å². The van der Waals surface area contributed by atoms with Crippen LogP contribution in [-0.4, -0.2) is 43.0 Å². The Bertz CT molecular complexity index is 590. The van der Waals surface area contributed by atoms with E-state index in [1.165, 1.54) is 0 Å². The standard InChI is InChI=1S/C15H18F3N3O2.ClH/c1-21(14(23)15(16,17)18)9-10-3-2-4-12(7-10)20-13(22)11-5-6-19-8-11;/h2-4,7,11,19H,5-6,8-9H2,1H3,(H,20,22);1H. The lowest BCUT2D eigenvalue weighted by atomic mass is 10.1. The Balaban J connectivity index is 0.00000288. The molecule has 1 fully saturated rings. The first kappa shape index (κ1) is 20.2. The number of carbonyl (C=O) groups is 2. The predicted octanol–water partition coefficient (Wildman–Crippen LogP) is 2.18. The number of benzene rings is 1. The van der Waals surface area contributed by atoms with Crippen LogP contribution >= 0.6 is 12.4 Å². The second-order valence-electron chi connectivity index (χ2n) is 5.54. The number of hydrogen-bond donors (Lipinski definition) is 2. The van der Waals surface area contributed by atoms with Gasteiger partial charge in [-0.3, -0.25) is 9.59 Å². The highest BCUT2D eigenvalue weighted by atomic mass is 35.5. The Labute approximate surface area is 144 Å². The number of hydrogen-bond acceptors (Lipinski definition) is 3. The Hall–Kier alpha value is -1.80. The molecule has 0 saturated carbocycles. The summed E-state index contributed by atoms with van der Waals surface area (Å²) < 4.78 is 37.1. The average Bonchev–Trinajstić information content (AvgIpc) is 3.00. The third-order valence-electron chi connectivity index (χ3n) is 3.63. The summed E-state index contributed by atoms with van der Waals surface area (Å²) in [5.74, 6) is -2.12. The average molecular weight is 366 g/mol. The van der Waals surface area contributed by atoms with E-state index >= 15 is 0 Å². The van der Waals surface area contributed by atoms with Gasteiger partial charge in [0.2, 0.25) is 5.91 Å². The molecule has 2 amide bonds. The minimum Gasteiger partial charge on any atom is -0.334 e. The minimum absolute atomic E-state index is 0. The van der Waals surface area contributed by atoms with Gasteiger partial charge in [-0.25, -0.2) is 0 Å². The van der Waals surface area contributed by atoms with Crippen molar-refractivity contribution < 1.29 is 22.8 Å². The van der Waals surface area contributed by atoms with Crippen molar-refractivity contribution in [2.75, 3.05) is 25.5 Å². The van der Waals surface area contributed by atoms with Gasteiger partial charge < -0.3 is 15.5 Å². The number of carbonyl (C=O) groups excluding carboxylic acids is 2. The molecule has 134 valence electrons. The SMILES string of the molecule is CN(Cc1cccc(NC(=O)C2CCNC2)c1)C(=O)C(F)(F)F.Cl. The van der Waals surface area contributed by atoms with Crippen LogP contribution in [0.5, 0.6) is 0 Å². The molecule has 5 nitrogen and oxygen atoms in total. The molecule has 1 atom stereocenters. The first-order valence-electron chi connectivity index (χ1n) is 7.20. The third-order valence-corrected chi connectivity index (χ3v) is 3.63. The fraction of sp³-hybridized carbons (Fsp3) is 0.467. The zero-order chi connectivity index (χ0) is 17.0. The van der Waals surface area contributed by atoms with Crippen molar-refractivity contribution in [1.82, 2.24) is 10.2 Å². The van der Waals surface area contributed by atoms with E-state index in [0.29, 0.717) is 22.7 Å². The van der Waals surface area contributed by atoms with E-state index in [0.717, 1.165) is 20.0 Å². The summed E-state index contributed by atoms with van der Waals surface area (Å²) in [6, 6.07) is 6.46. The lowest BCUT2D eigenvalue weighted by Gasteiger charge is -2.19. The van der Waals surface area contributed by atoms with Crippen LogP contribution in [0.25, 0.3) is 0 Å². The van der Waals surface area contributed by atoms with Gasteiger partial charge in [0.15, 0.2) is 0 Å². The van der Waals surface area contributed by atoms with E-state index < -0.39 is 12.1 Å². The van der Waals surface area contributed by atoms with Crippen LogP contribution in [0.1, 0.15) is 12.0 Å². The van der Waals surface area contributed by atoms with Gasteiger partial charge in [0.1, 0.15) is 0 Å². The van der Waals surface area contributed by atoms with Crippen LogP contribution in [0, 0.1) is 5.92 Å². The van der Waals surface area contributed by atoms with Crippen molar-refractivity contribution in [3.8, 4) is 0 Å². The lowest BCUT2D eigenvalue weighted by molar-refractivity contribution is -0.184. The molecule has 9 heteroatoms. The van der Waals surface area contributed by atoms with Gasteiger partial charge in [0.25, 0.3) is 0 Å². The number of anilines is 1. The molecule has 1 aliphatic rings. The molecule has 1 heterocycles. The van der Waals surface area contributed by atoms with E-state index in [-0.39, 0.29) is 30.8 Å². The van der Waals surface area contributed by atoms with E-state index in [2.05, 4.69) is 10.6 Å². The molecule has 24 heavy (non-hydrogen) atoms. The molecular weight excluding hydrogens is 347 g/mol. The van der Waals surface area contributed by atoms with E-state index in [9.17, 15) is 22.8 Å². The van der Waals surface area contributed by atoms with Crippen LogP contribution in [-0.2, 0) is 16.1 Å². The second kappa shape index (κ2) is 8.34. The maximum Gasteiger partial charge on any atom is 0.471 e. The van der Waals surface area contributed by atoms with E-state index in [1.54, 1.807) is 24.3 Å². The Morgan fingerprint density at radius 3 is 2.67 bits per heavy atom. The highest BCUT2D eigenvalue weighted by Gasteiger charge is 2.41. The third kappa shape index (κ3) is 5.38. The molecule has 0 spiro atoms. The fourth-order valence-electron chi connectivity index (χ4n) is 2.43. The summed E-state index contributed by atoms with van der Waals surface area (Å²) >= 11 is 0. The second-order valence-corrected chi connectivity index (χ2v) is 5.54. The lowest BCUT2D eigenvalue weighted by Crippen LogP contribution is -2.37. The number of amides is 2. The fourth-order valence-corrected chi connectivity index (χ4v) is 2.43. The molecule has 2 N–H and O–H groups in total. The molecule has 0 aliphatic carbocycles. The molecule has 1 aromatic rings. The molecule has 1 aromatic carbocycles. The minimum atomic E-state index is -4.89. The first-order valence-corrected chi connectivity index (χ1v) is 7.20. The van der Waals surface area contributed by atoms with Gasteiger partial charge >= 0.3 is 12.1 Å². The molecule has 0 radical (unpaired) electrons. The summed E-state index contributed by atoms with van der Waals surface area (Å²) in [5, 5.41) is 5.84. The van der Waals surface area contributed by atoms with Crippen LogP contribution in [0.2, 0.25) is 0 Å². The zero-order valence-electron chi connectivity index (χ0n) is 13.0. The molecule has 0 aromatic heterocycles. The Morgan fingerprint density at radius 2 is 2.08 bits per heavy atom. The topological polar surface area (TPSA) is 61.4 Å². The largest absolute Gasteiger partial charge is 0.471 e. The number of nitrogens with one attached hydrogen (secondary N) is 2. The summed E-state index contributed by atoms with van der Waals surface area (Å²) in [7, 11) is 1.09. The quantitative estimate of drug-likeness (QED) is 0.859. The highest BCUT2D eigenvalue weighted by molar-refractivity contribution is 5.93. The molecule has 1 aliphatic heterocycles. The van der Waals surface area contributed by atoms with E-state index in [4.69, 9.17) is 0 Å². The van der Waals surface area contributed by atoms with Crippen molar-refractivity contribution in [2.24, 2.45) is 5.92 Å². The maximum atomic E-state index is 12.4. The van der Waals surface area contributed by atoms with Gasteiger partial charge in [0.05, 0.1) is 5.92 Å². The summed E-state index contributed by atoms with van der Waals surface area (Å²) in [5.41, 5.74) is 1.01. The van der Waals surface area contributed by atoms with Gasteiger partial charge in [0, 0.05) is 25.8 Å². The number of halogens is 4. The van der Waals surface area contributed by atoms with Gasteiger partial charge in [-0.1, -0.05) is 12.1 Å². The number of alkyl halides is 3. The monoisotopic (exact) mass is 365 g/mol. The van der Waals surface area contributed by atoms with Gasteiger partial charge in [-0.05, 0) is 30.7 Å². The number of nitrogens with zero attached hydrogens (tertiary/aromatic N) is 1.